The van der Waals surface area contributed by atoms with Crippen molar-refractivity contribution in [2.45, 2.75) is 25.3 Å². The fraction of sp³-hybridized carbons (Fsp3) is 0.533. The predicted octanol–water partition coefficient (Wildman–Crippen LogP) is 2.17. The van der Waals surface area contributed by atoms with Crippen molar-refractivity contribution in [2.24, 2.45) is 0 Å². The van der Waals surface area contributed by atoms with Crippen LogP contribution in [0, 0.1) is 0 Å². The molecule has 96 valence electrons. The number of carbonyl (C=O) groups excluding carboxylic acids is 1. The fourth-order valence-corrected chi connectivity index (χ4v) is 3.24. The third-order valence-corrected chi connectivity index (χ3v) is 4.22. The second-order valence-electron chi connectivity index (χ2n) is 5.31. The minimum Gasteiger partial charge on any atom is -0.369 e. The van der Waals surface area contributed by atoms with Gasteiger partial charge in [0.05, 0.1) is 0 Å². The quantitative estimate of drug-likeness (QED) is 0.761. The van der Waals surface area contributed by atoms with Gasteiger partial charge in [-0.25, -0.2) is 0 Å². The highest BCUT2D eigenvalue weighted by Gasteiger charge is 2.29. The standard InChI is InChI=1S/C15H20N2O/c18-12-13-5-1-2-6-15(13)17-10-7-14(11-17)16-8-3-4-9-16/h1-2,5-6,12,14H,3-4,7-11H2. The summed E-state index contributed by atoms with van der Waals surface area (Å²) in [7, 11) is 0. The normalized spacial score (nSPS) is 24.7. The van der Waals surface area contributed by atoms with Gasteiger partial charge in [-0.2, -0.15) is 0 Å². The second kappa shape index (κ2) is 5.11. The number of benzene rings is 1. The average molecular weight is 244 g/mol. The van der Waals surface area contributed by atoms with Crippen LogP contribution in [0.2, 0.25) is 0 Å². The molecule has 3 heteroatoms. The van der Waals surface area contributed by atoms with Crippen LogP contribution in [0.5, 0.6) is 0 Å². The van der Waals surface area contributed by atoms with Crippen molar-refractivity contribution < 1.29 is 4.79 Å². The number of rotatable bonds is 3. The zero-order valence-corrected chi connectivity index (χ0v) is 10.7. The van der Waals surface area contributed by atoms with Gasteiger partial charge in [-0.05, 0) is 44.5 Å². The molecule has 0 saturated carbocycles. The van der Waals surface area contributed by atoms with E-state index in [0.29, 0.717) is 6.04 Å². The van der Waals surface area contributed by atoms with Gasteiger partial charge < -0.3 is 4.90 Å². The molecule has 0 amide bonds. The molecule has 0 spiro atoms. The van der Waals surface area contributed by atoms with E-state index in [1.807, 2.05) is 18.2 Å². The van der Waals surface area contributed by atoms with Crippen LogP contribution in [0.1, 0.15) is 29.6 Å². The number of carbonyl (C=O) groups is 1. The van der Waals surface area contributed by atoms with E-state index in [1.165, 1.54) is 32.4 Å². The van der Waals surface area contributed by atoms with E-state index in [2.05, 4.69) is 15.9 Å². The van der Waals surface area contributed by atoms with E-state index in [-0.39, 0.29) is 0 Å². The molecule has 2 aliphatic rings. The maximum atomic E-state index is 11.1. The Morgan fingerprint density at radius 3 is 2.67 bits per heavy atom. The topological polar surface area (TPSA) is 23.6 Å². The van der Waals surface area contributed by atoms with Crippen molar-refractivity contribution in [3.8, 4) is 0 Å². The Morgan fingerprint density at radius 2 is 1.89 bits per heavy atom. The maximum Gasteiger partial charge on any atom is 0.152 e. The second-order valence-corrected chi connectivity index (χ2v) is 5.31. The molecule has 0 aromatic heterocycles. The van der Waals surface area contributed by atoms with Crippen LogP contribution in [-0.4, -0.2) is 43.4 Å². The molecular weight excluding hydrogens is 224 g/mol. The van der Waals surface area contributed by atoms with E-state index >= 15 is 0 Å². The van der Waals surface area contributed by atoms with E-state index in [9.17, 15) is 4.79 Å². The summed E-state index contributed by atoms with van der Waals surface area (Å²) < 4.78 is 0. The Labute approximate surface area is 108 Å². The number of aldehydes is 1. The van der Waals surface area contributed by atoms with Crippen molar-refractivity contribution in [2.75, 3.05) is 31.1 Å². The lowest BCUT2D eigenvalue weighted by molar-refractivity contribution is 0.112. The molecule has 1 atom stereocenters. The third-order valence-electron chi connectivity index (χ3n) is 4.22. The number of nitrogens with zero attached hydrogens (tertiary/aromatic N) is 2. The smallest absolute Gasteiger partial charge is 0.152 e. The van der Waals surface area contributed by atoms with Gasteiger partial charge in [0.25, 0.3) is 0 Å². The molecule has 1 aromatic rings. The molecule has 2 heterocycles. The first-order valence-electron chi connectivity index (χ1n) is 6.91. The molecule has 3 rings (SSSR count). The third kappa shape index (κ3) is 2.15. The number of hydrogen-bond donors (Lipinski definition) is 0. The Bertz CT molecular complexity index is 426. The molecule has 2 aliphatic heterocycles. The van der Waals surface area contributed by atoms with Gasteiger partial charge in [0.2, 0.25) is 0 Å². The first-order valence-corrected chi connectivity index (χ1v) is 6.91. The predicted molar refractivity (Wildman–Crippen MR) is 73.3 cm³/mol. The van der Waals surface area contributed by atoms with Crippen LogP contribution < -0.4 is 4.90 Å². The summed E-state index contributed by atoms with van der Waals surface area (Å²) in [6, 6.07) is 8.61. The van der Waals surface area contributed by atoms with E-state index in [1.54, 1.807) is 0 Å². The summed E-state index contributed by atoms with van der Waals surface area (Å²) >= 11 is 0. The van der Waals surface area contributed by atoms with Crippen molar-refractivity contribution in [1.29, 1.82) is 0 Å². The number of para-hydroxylation sites is 1. The van der Waals surface area contributed by atoms with Crippen LogP contribution in [0.25, 0.3) is 0 Å². The summed E-state index contributed by atoms with van der Waals surface area (Å²) in [5.41, 5.74) is 1.92. The van der Waals surface area contributed by atoms with Gasteiger partial charge in [0.15, 0.2) is 6.29 Å². The van der Waals surface area contributed by atoms with Crippen LogP contribution in [0.3, 0.4) is 0 Å². The van der Waals surface area contributed by atoms with Crippen molar-refractivity contribution in [3.63, 3.8) is 0 Å². The Balaban J connectivity index is 1.72. The molecule has 2 fully saturated rings. The highest BCUT2D eigenvalue weighted by molar-refractivity contribution is 5.84. The molecule has 3 nitrogen and oxygen atoms in total. The molecule has 1 unspecified atom stereocenters. The molecule has 0 N–H and O–H groups in total. The molecule has 18 heavy (non-hydrogen) atoms. The zero-order valence-electron chi connectivity index (χ0n) is 10.7. The molecular formula is C15H20N2O. The molecule has 0 bridgehead atoms. The summed E-state index contributed by atoms with van der Waals surface area (Å²) in [5, 5.41) is 0. The fourth-order valence-electron chi connectivity index (χ4n) is 3.24. The Kier molecular flexibility index (Phi) is 3.33. The summed E-state index contributed by atoms with van der Waals surface area (Å²) in [5.74, 6) is 0. The van der Waals surface area contributed by atoms with Crippen molar-refractivity contribution >= 4 is 12.0 Å². The number of likely N-dealkylation sites (tertiary alicyclic amines) is 1. The highest BCUT2D eigenvalue weighted by Crippen LogP contribution is 2.27. The minimum absolute atomic E-state index is 0.687. The first-order chi connectivity index (χ1) is 8.88. The highest BCUT2D eigenvalue weighted by atomic mass is 16.1. The Hall–Kier alpha value is -1.35. The summed E-state index contributed by atoms with van der Waals surface area (Å²) in [4.78, 5) is 16.1. The molecule has 0 aliphatic carbocycles. The van der Waals surface area contributed by atoms with E-state index in [4.69, 9.17) is 0 Å². The maximum absolute atomic E-state index is 11.1. The SMILES string of the molecule is O=Cc1ccccc1N1CCC(N2CCCC2)C1. The van der Waals surface area contributed by atoms with Gasteiger partial charge in [0, 0.05) is 30.4 Å². The monoisotopic (exact) mass is 244 g/mol. The van der Waals surface area contributed by atoms with E-state index < -0.39 is 0 Å². The summed E-state index contributed by atoms with van der Waals surface area (Å²) in [6.45, 7) is 4.67. The van der Waals surface area contributed by atoms with E-state index in [0.717, 1.165) is 30.6 Å². The summed E-state index contributed by atoms with van der Waals surface area (Å²) in [6.07, 6.45) is 4.90. The molecule has 2 saturated heterocycles. The van der Waals surface area contributed by atoms with Crippen molar-refractivity contribution in [3.05, 3.63) is 29.8 Å². The number of hydrogen-bond acceptors (Lipinski definition) is 3. The van der Waals surface area contributed by atoms with Gasteiger partial charge >= 0.3 is 0 Å². The lowest BCUT2D eigenvalue weighted by Gasteiger charge is -2.25. The van der Waals surface area contributed by atoms with Gasteiger partial charge in [-0.1, -0.05) is 12.1 Å². The Morgan fingerprint density at radius 1 is 1.11 bits per heavy atom. The largest absolute Gasteiger partial charge is 0.369 e. The minimum atomic E-state index is 0.687. The van der Waals surface area contributed by atoms with Crippen LogP contribution >= 0.6 is 0 Å². The average Bonchev–Trinajstić information content (AvgIpc) is 3.09. The lowest BCUT2D eigenvalue weighted by atomic mass is 10.2. The number of anilines is 1. The van der Waals surface area contributed by atoms with Gasteiger partial charge in [-0.15, -0.1) is 0 Å². The van der Waals surface area contributed by atoms with Crippen LogP contribution in [0.15, 0.2) is 24.3 Å². The zero-order chi connectivity index (χ0) is 12.4. The van der Waals surface area contributed by atoms with Crippen LogP contribution in [0.4, 0.5) is 5.69 Å². The molecule has 1 aromatic carbocycles. The first kappa shape index (κ1) is 11.7. The van der Waals surface area contributed by atoms with Crippen LogP contribution in [-0.2, 0) is 0 Å². The van der Waals surface area contributed by atoms with Crippen molar-refractivity contribution in [1.82, 2.24) is 4.90 Å². The molecule has 0 radical (unpaired) electrons. The lowest BCUT2D eigenvalue weighted by Crippen LogP contribution is -2.35. The van der Waals surface area contributed by atoms with Gasteiger partial charge in [-0.3, -0.25) is 9.69 Å². The van der Waals surface area contributed by atoms with Gasteiger partial charge in [0.1, 0.15) is 0 Å².